The van der Waals surface area contributed by atoms with E-state index < -0.39 is 5.72 Å². The molecule has 0 unspecified atom stereocenters. The van der Waals surface area contributed by atoms with E-state index in [9.17, 15) is 9.90 Å². The number of ether oxygens (including phenoxy) is 1. The van der Waals surface area contributed by atoms with Crippen LogP contribution < -0.4 is 0 Å². The summed E-state index contributed by atoms with van der Waals surface area (Å²) in [6.07, 6.45) is -0.282. The van der Waals surface area contributed by atoms with Gasteiger partial charge in [0.25, 0.3) is 0 Å². The molecule has 1 aliphatic rings. The third kappa shape index (κ3) is 2.13. The van der Waals surface area contributed by atoms with Gasteiger partial charge in [-0.2, -0.15) is 0 Å². The third-order valence-electron chi connectivity index (χ3n) is 3.33. The molecule has 1 N–H and O–H groups in total. The summed E-state index contributed by atoms with van der Waals surface area (Å²) in [4.78, 5) is 13.4. The molecule has 2 atom stereocenters. The van der Waals surface area contributed by atoms with Crippen LogP contribution in [0, 0.1) is 0 Å². The summed E-state index contributed by atoms with van der Waals surface area (Å²) in [7, 11) is 0. The minimum atomic E-state index is -0.695. The smallest absolute Gasteiger partial charge is 0.222 e. The molecule has 1 saturated heterocycles. The molecule has 1 fully saturated rings. The molecule has 0 bridgehead atoms. The number of nitrogens with zero attached hydrogens (tertiary/aromatic N) is 1. The van der Waals surface area contributed by atoms with Crippen LogP contribution in [0.25, 0.3) is 0 Å². The zero-order valence-corrected chi connectivity index (χ0v) is 11.0. The number of rotatable bonds is 2. The van der Waals surface area contributed by atoms with E-state index in [0.29, 0.717) is 0 Å². The summed E-state index contributed by atoms with van der Waals surface area (Å²) >= 11 is 0. The van der Waals surface area contributed by atoms with Gasteiger partial charge in [-0.3, -0.25) is 4.79 Å². The lowest BCUT2D eigenvalue weighted by Crippen LogP contribution is -2.48. The van der Waals surface area contributed by atoms with Gasteiger partial charge in [0, 0.05) is 6.92 Å². The summed E-state index contributed by atoms with van der Waals surface area (Å²) in [6.45, 7) is 5.09. The van der Waals surface area contributed by atoms with Crippen molar-refractivity contribution in [2.45, 2.75) is 38.6 Å². The first-order valence-electron chi connectivity index (χ1n) is 6.11. The van der Waals surface area contributed by atoms with Gasteiger partial charge >= 0.3 is 0 Å². The van der Waals surface area contributed by atoms with Crippen molar-refractivity contribution in [1.82, 2.24) is 4.90 Å². The van der Waals surface area contributed by atoms with E-state index >= 15 is 0 Å². The zero-order valence-electron chi connectivity index (χ0n) is 11.0. The van der Waals surface area contributed by atoms with Crippen LogP contribution in [0.3, 0.4) is 0 Å². The van der Waals surface area contributed by atoms with Crippen molar-refractivity contribution >= 4 is 5.91 Å². The van der Waals surface area contributed by atoms with Crippen LogP contribution in [0.1, 0.15) is 32.4 Å². The number of carbonyl (C=O) groups is 1. The summed E-state index contributed by atoms with van der Waals surface area (Å²) in [5, 5.41) is 9.58. The van der Waals surface area contributed by atoms with Crippen LogP contribution in [0.15, 0.2) is 30.3 Å². The molecule has 1 heterocycles. The number of aliphatic hydroxyl groups is 1. The van der Waals surface area contributed by atoms with Gasteiger partial charge in [0.1, 0.15) is 11.8 Å². The lowest BCUT2D eigenvalue weighted by Gasteiger charge is -2.31. The Bertz CT molecular complexity index is 430. The molecule has 1 aromatic rings. The Hall–Kier alpha value is -1.39. The highest BCUT2D eigenvalue weighted by molar-refractivity contribution is 5.74. The van der Waals surface area contributed by atoms with Gasteiger partial charge in [-0.1, -0.05) is 30.3 Å². The first kappa shape index (κ1) is 13.1. The first-order chi connectivity index (χ1) is 8.47. The van der Waals surface area contributed by atoms with E-state index in [1.807, 2.05) is 44.2 Å². The van der Waals surface area contributed by atoms with Crippen molar-refractivity contribution in [3.8, 4) is 0 Å². The van der Waals surface area contributed by atoms with E-state index in [1.54, 1.807) is 4.90 Å². The van der Waals surface area contributed by atoms with Crippen LogP contribution in [0.4, 0.5) is 0 Å². The van der Waals surface area contributed by atoms with Crippen molar-refractivity contribution in [1.29, 1.82) is 0 Å². The van der Waals surface area contributed by atoms with Crippen molar-refractivity contribution in [2.75, 3.05) is 6.61 Å². The van der Waals surface area contributed by atoms with Crippen molar-refractivity contribution in [2.24, 2.45) is 0 Å². The van der Waals surface area contributed by atoms with Crippen LogP contribution >= 0.6 is 0 Å². The fourth-order valence-electron chi connectivity index (χ4n) is 2.70. The minimum absolute atomic E-state index is 0.0857. The standard InChI is InChI=1S/C14H19NO3/c1-10(17)15-12(9-16)13(18-14(15,2)3)11-7-5-4-6-8-11/h4-8,12-13,16H,9H2,1-3H3/t12-,13-/m1/s1. The molecule has 18 heavy (non-hydrogen) atoms. The molecule has 0 saturated carbocycles. The van der Waals surface area contributed by atoms with Crippen molar-refractivity contribution in [3.05, 3.63) is 35.9 Å². The Morgan fingerprint density at radius 1 is 1.39 bits per heavy atom. The normalized spacial score (nSPS) is 26.3. The molecule has 1 aliphatic heterocycles. The van der Waals surface area contributed by atoms with Crippen molar-refractivity contribution in [3.63, 3.8) is 0 Å². The zero-order chi connectivity index (χ0) is 13.3. The quantitative estimate of drug-likeness (QED) is 0.868. The average molecular weight is 249 g/mol. The molecule has 0 spiro atoms. The number of carbonyl (C=O) groups excluding carboxylic acids is 1. The molecule has 4 heteroatoms. The molecule has 1 amide bonds. The predicted octanol–water partition coefficient (Wildman–Crippen LogP) is 1.70. The molecular weight excluding hydrogens is 230 g/mol. The molecule has 0 aliphatic carbocycles. The second-order valence-electron chi connectivity index (χ2n) is 5.03. The van der Waals surface area contributed by atoms with Crippen LogP contribution in [-0.4, -0.2) is 34.3 Å². The van der Waals surface area contributed by atoms with Gasteiger partial charge in [0.15, 0.2) is 0 Å². The van der Waals surface area contributed by atoms with E-state index in [-0.39, 0.29) is 24.7 Å². The van der Waals surface area contributed by atoms with Crippen molar-refractivity contribution < 1.29 is 14.6 Å². The van der Waals surface area contributed by atoms with E-state index in [0.717, 1.165) is 5.56 Å². The fraction of sp³-hybridized carbons (Fsp3) is 0.500. The summed E-state index contributed by atoms with van der Waals surface area (Å²) < 4.78 is 5.96. The van der Waals surface area contributed by atoms with Crippen LogP contribution in [0.2, 0.25) is 0 Å². The fourth-order valence-corrected chi connectivity index (χ4v) is 2.70. The van der Waals surface area contributed by atoms with Gasteiger partial charge in [-0.15, -0.1) is 0 Å². The lowest BCUT2D eigenvalue weighted by molar-refractivity contribution is -0.145. The Labute approximate surface area is 107 Å². The van der Waals surface area contributed by atoms with Crippen LogP contribution in [-0.2, 0) is 9.53 Å². The number of amides is 1. The molecule has 2 rings (SSSR count). The number of hydrogen-bond donors (Lipinski definition) is 1. The van der Waals surface area contributed by atoms with Gasteiger partial charge in [0.2, 0.25) is 5.91 Å². The highest BCUT2D eigenvalue weighted by atomic mass is 16.5. The molecule has 4 nitrogen and oxygen atoms in total. The number of aliphatic hydroxyl groups excluding tert-OH is 1. The maximum absolute atomic E-state index is 11.7. The number of benzene rings is 1. The summed E-state index contributed by atoms with van der Waals surface area (Å²) in [5.41, 5.74) is 0.285. The molecular formula is C14H19NO3. The van der Waals surface area contributed by atoms with E-state index in [1.165, 1.54) is 6.92 Å². The van der Waals surface area contributed by atoms with Crippen LogP contribution in [0.5, 0.6) is 0 Å². The highest BCUT2D eigenvalue weighted by Crippen LogP contribution is 2.40. The molecule has 1 aromatic carbocycles. The maximum atomic E-state index is 11.7. The van der Waals surface area contributed by atoms with Gasteiger partial charge in [-0.05, 0) is 19.4 Å². The number of hydrogen-bond acceptors (Lipinski definition) is 3. The van der Waals surface area contributed by atoms with Gasteiger partial charge < -0.3 is 14.7 Å². The monoisotopic (exact) mass is 249 g/mol. The second kappa shape index (κ2) is 4.71. The largest absolute Gasteiger partial charge is 0.394 e. The average Bonchev–Trinajstić information content (AvgIpc) is 2.61. The second-order valence-corrected chi connectivity index (χ2v) is 5.03. The minimum Gasteiger partial charge on any atom is -0.394 e. The molecule has 0 radical (unpaired) electrons. The molecule has 98 valence electrons. The Morgan fingerprint density at radius 2 is 2.00 bits per heavy atom. The molecule has 0 aromatic heterocycles. The maximum Gasteiger partial charge on any atom is 0.222 e. The highest BCUT2D eigenvalue weighted by Gasteiger charge is 2.48. The Morgan fingerprint density at radius 3 is 2.50 bits per heavy atom. The Kier molecular flexibility index (Phi) is 3.41. The van der Waals surface area contributed by atoms with Gasteiger partial charge in [0.05, 0.1) is 12.6 Å². The lowest BCUT2D eigenvalue weighted by atomic mass is 10.0. The first-order valence-corrected chi connectivity index (χ1v) is 6.11. The van der Waals surface area contributed by atoms with Gasteiger partial charge in [-0.25, -0.2) is 0 Å². The summed E-state index contributed by atoms with van der Waals surface area (Å²) in [5.74, 6) is -0.0857. The SMILES string of the molecule is CC(=O)N1[C@H](CO)[C@@H](c2ccccc2)OC1(C)C. The summed E-state index contributed by atoms with van der Waals surface area (Å²) in [6, 6.07) is 9.35. The predicted molar refractivity (Wildman–Crippen MR) is 67.7 cm³/mol. The van der Waals surface area contributed by atoms with E-state index in [4.69, 9.17) is 4.74 Å². The van der Waals surface area contributed by atoms with E-state index in [2.05, 4.69) is 0 Å². The topological polar surface area (TPSA) is 49.8 Å². The third-order valence-corrected chi connectivity index (χ3v) is 3.33. The Balaban J connectivity index is 2.37.